The number of rotatable bonds is 39. The lowest BCUT2D eigenvalue weighted by Crippen LogP contribution is -2.62. The van der Waals surface area contributed by atoms with Crippen LogP contribution in [0.3, 0.4) is 0 Å². The van der Waals surface area contributed by atoms with E-state index in [-0.39, 0.29) is 29.6 Å². The number of hydrogen-bond donors (Lipinski definition) is 21. The van der Waals surface area contributed by atoms with Crippen LogP contribution in [0.2, 0.25) is 0 Å². The fraction of sp³-hybridized carbons (Fsp3) is 0.714. The fourth-order valence-corrected chi connectivity index (χ4v) is 8.16. The zero-order valence-electron chi connectivity index (χ0n) is 48.2. The molecule has 0 aliphatic heterocycles. The predicted molar refractivity (Wildman–Crippen MR) is 316 cm³/mol. The van der Waals surface area contributed by atoms with Crippen molar-refractivity contribution >= 4 is 133 Å². The average molecular weight is 1270 g/mol. The van der Waals surface area contributed by atoms with E-state index in [0.717, 1.165) is 0 Å². The normalized spacial score (nSPS) is 15.8. The van der Waals surface area contributed by atoms with E-state index in [1.807, 2.05) is 0 Å². The van der Waals surface area contributed by atoms with Crippen LogP contribution in [0.25, 0.3) is 0 Å². The third-order valence-electron chi connectivity index (χ3n) is 12.4. The minimum atomic E-state index is -1.90. The van der Waals surface area contributed by atoms with Crippen LogP contribution >= 0.6 is 50.5 Å². The van der Waals surface area contributed by atoms with Crippen molar-refractivity contribution < 1.29 is 87.5 Å². The van der Waals surface area contributed by atoms with Crippen molar-refractivity contribution in [2.45, 2.75) is 154 Å². The van der Waals surface area contributed by atoms with E-state index in [2.05, 4.69) is 114 Å². The molecule has 31 nitrogen and oxygen atoms in total. The number of aliphatic carboxylic acids is 2. The molecule has 0 aromatic heterocycles. The second-order valence-electron chi connectivity index (χ2n) is 20.6. The van der Waals surface area contributed by atoms with Crippen LogP contribution in [-0.4, -0.2) is 219 Å². The minimum Gasteiger partial charge on any atom is -0.481 e. The SMILES string of the molecule is CC[C@H](C)[C@H](NC(=O)[C@H](CO)NC(=O)[C@H](CC(C)C)NC(=O)[C@H](CS)NC(=O)[C@H](CC(=O)O)NC(=O)[C@@H](NC(=O)[C@@H](NC(=O)[C@H](CS)NC(=O)CNC(=O)CNC(=O)[C@@H](NC(=O)[C@@H](N)CS)[C@@H](C)O)C(C)C)C(C)C)C(=O)N[C@@H](CS)C(=O)O. The highest BCUT2D eigenvalue weighted by Crippen LogP contribution is 2.12. The molecule has 478 valence electrons. The number of carbonyl (C=O) groups excluding carboxylic acids is 12. The zero-order chi connectivity index (χ0) is 64.9. The van der Waals surface area contributed by atoms with Crippen LogP contribution in [0.15, 0.2) is 0 Å². The molecular weight excluding hydrogens is 1190 g/mol. The molecule has 0 heterocycles. The number of nitrogens with one attached hydrogen (secondary N) is 12. The summed E-state index contributed by atoms with van der Waals surface area (Å²) in [5, 5.41) is 67.3. The molecule has 0 saturated carbocycles. The Morgan fingerprint density at radius 2 is 0.821 bits per heavy atom. The Kier molecular flexibility index (Phi) is 36.6. The minimum absolute atomic E-state index is 0.0590. The summed E-state index contributed by atoms with van der Waals surface area (Å²) in [5.41, 5.74) is 5.59. The number of carboxylic acids is 2. The lowest BCUT2D eigenvalue weighted by Gasteiger charge is -2.29. The molecule has 0 spiro atoms. The van der Waals surface area contributed by atoms with Crippen molar-refractivity contribution in [3.05, 3.63) is 0 Å². The zero-order valence-corrected chi connectivity index (χ0v) is 51.8. The van der Waals surface area contributed by atoms with Gasteiger partial charge in [-0.25, -0.2) is 4.79 Å². The second-order valence-corrected chi connectivity index (χ2v) is 22.0. The molecule has 0 unspecified atom stereocenters. The summed E-state index contributed by atoms with van der Waals surface area (Å²) in [6.45, 7) is 11.6. The van der Waals surface area contributed by atoms with E-state index in [1.165, 1.54) is 34.6 Å². The Balaban J connectivity index is 6.10. The van der Waals surface area contributed by atoms with Gasteiger partial charge in [0, 0.05) is 23.0 Å². The largest absolute Gasteiger partial charge is 0.481 e. The van der Waals surface area contributed by atoms with Crippen molar-refractivity contribution in [2.75, 3.05) is 42.7 Å². The summed E-state index contributed by atoms with van der Waals surface area (Å²) in [6, 6.07) is -16.2. The highest BCUT2D eigenvalue weighted by molar-refractivity contribution is 7.80. The first kappa shape index (κ1) is 77.9. The van der Waals surface area contributed by atoms with Crippen molar-refractivity contribution in [3.8, 4) is 0 Å². The summed E-state index contributed by atoms with van der Waals surface area (Å²) in [4.78, 5) is 182. The van der Waals surface area contributed by atoms with Crippen LogP contribution in [0.4, 0.5) is 0 Å². The van der Waals surface area contributed by atoms with Gasteiger partial charge in [0.1, 0.15) is 60.4 Å². The molecule has 0 aromatic carbocycles. The lowest BCUT2D eigenvalue weighted by atomic mass is 9.97. The van der Waals surface area contributed by atoms with Crippen molar-refractivity contribution in [1.29, 1.82) is 0 Å². The number of aliphatic hydroxyl groups is 2. The molecule has 0 radical (unpaired) electrons. The molecule has 13 atom stereocenters. The summed E-state index contributed by atoms with van der Waals surface area (Å²) in [6.07, 6.45) is -2.17. The molecule has 0 fully saturated rings. The maximum absolute atomic E-state index is 13.9. The van der Waals surface area contributed by atoms with E-state index in [9.17, 15) is 87.5 Å². The number of amides is 12. The molecule has 12 amide bonds. The quantitative estimate of drug-likeness (QED) is 0.0255. The van der Waals surface area contributed by atoms with Gasteiger partial charge in [-0.05, 0) is 37.0 Å². The van der Waals surface area contributed by atoms with Crippen molar-refractivity contribution in [2.24, 2.45) is 29.4 Å². The van der Waals surface area contributed by atoms with Gasteiger partial charge in [0.25, 0.3) is 0 Å². The topological polar surface area (TPSA) is 490 Å². The van der Waals surface area contributed by atoms with Gasteiger partial charge in [0.2, 0.25) is 70.9 Å². The van der Waals surface area contributed by atoms with Gasteiger partial charge >= 0.3 is 11.9 Å². The Hall–Kier alpha value is -6.14. The molecule has 84 heavy (non-hydrogen) atoms. The summed E-state index contributed by atoms with van der Waals surface area (Å²) < 4.78 is 0. The number of carbonyl (C=O) groups is 14. The molecular formula is C49H85N13O18S4. The average Bonchev–Trinajstić information content (AvgIpc) is 3.63. The molecule has 0 aromatic rings. The fourth-order valence-electron chi connectivity index (χ4n) is 7.23. The predicted octanol–water partition coefficient (Wildman–Crippen LogP) is -6.55. The van der Waals surface area contributed by atoms with Gasteiger partial charge in [-0.2, -0.15) is 50.5 Å². The molecule has 35 heteroatoms. The van der Waals surface area contributed by atoms with Crippen molar-refractivity contribution in [1.82, 2.24) is 63.8 Å². The molecule has 0 saturated heterocycles. The van der Waals surface area contributed by atoms with E-state index in [1.54, 1.807) is 27.7 Å². The van der Waals surface area contributed by atoms with Gasteiger partial charge in [-0.15, -0.1) is 0 Å². The number of hydrogen-bond acceptors (Lipinski definition) is 21. The number of nitrogens with two attached hydrogens (primary N) is 1. The highest BCUT2D eigenvalue weighted by atomic mass is 32.1. The standard InChI is InChI=1S/C49H85N13O18S4/c1-10-23(8)37(48(78)58-31(19-84)49(79)80)61-42(72)28(15-63)56-40(70)26(11-20(2)3)54-43(73)30(18-83)57-41(71)27(12-34(67)68)55-46(76)35(21(4)5)60-47(77)36(22(6)7)59-44(74)29(17-82)53-33(66)14-51-32(65)13-52-45(75)38(24(9)64)62-39(69)25(50)16-81/h20-31,35-38,63-64,81-84H,10-19,50H2,1-9H3,(H,51,65)(H,52,75)(H,53,66)(H,54,73)(H,55,76)(H,56,70)(H,57,71)(H,58,78)(H,59,74)(H,60,77)(H,61,72)(H,62,69)(H,67,68)(H,79,80)/t23-,24+,25-,26-,27-,28-,29-,30-,31-,35-,36-,37-,38-/m0/s1. The molecule has 0 rings (SSSR count). The molecule has 0 bridgehead atoms. The lowest BCUT2D eigenvalue weighted by molar-refractivity contribution is -0.142. The van der Waals surface area contributed by atoms with Gasteiger partial charge in [0.15, 0.2) is 0 Å². The number of aliphatic hydroxyl groups excluding tert-OH is 2. The monoisotopic (exact) mass is 1270 g/mol. The first-order chi connectivity index (χ1) is 39.1. The highest BCUT2D eigenvalue weighted by Gasteiger charge is 2.38. The van der Waals surface area contributed by atoms with Crippen LogP contribution < -0.4 is 69.5 Å². The first-order valence-corrected chi connectivity index (χ1v) is 29.2. The number of carboxylic acid groups (broad SMARTS) is 2. The second kappa shape index (κ2) is 39.5. The van der Waals surface area contributed by atoms with E-state index >= 15 is 0 Å². The van der Waals surface area contributed by atoms with Crippen LogP contribution in [0.5, 0.6) is 0 Å². The van der Waals surface area contributed by atoms with Gasteiger partial charge in [-0.3, -0.25) is 62.3 Å². The Bertz CT molecular complexity index is 2300. The van der Waals surface area contributed by atoms with E-state index in [0.29, 0.717) is 6.42 Å². The van der Waals surface area contributed by atoms with Crippen LogP contribution in [0.1, 0.15) is 81.6 Å². The Labute approximate surface area is 508 Å². The summed E-state index contributed by atoms with van der Waals surface area (Å²) in [7, 11) is 0. The Morgan fingerprint density at radius 3 is 1.29 bits per heavy atom. The van der Waals surface area contributed by atoms with E-state index in [4.69, 9.17) is 5.73 Å². The summed E-state index contributed by atoms with van der Waals surface area (Å²) in [5.74, 6) is -17.9. The van der Waals surface area contributed by atoms with Crippen molar-refractivity contribution in [3.63, 3.8) is 0 Å². The first-order valence-electron chi connectivity index (χ1n) is 26.6. The van der Waals surface area contributed by atoms with Crippen LogP contribution in [0, 0.1) is 23.7 Å². The third kappa shape index (κ3) is 27.7. The number of thiol groups is 4. The van der Waals surface area contributed by atoms with Gasteiger partial charge in [0.05, 0.1) is 38.3 Å². The maximum Gasteiger partial charge on any atom is 0.327 e. The Morgan fingerprint density at radius 1 is 0.429 bits per heavy atom. The molecule has 18 N–H and O–H groups in total. The van der Waals surface area contributed by atoms with Gasteiger partial charge < -0.3 is 90.0 Å². The summed E-state index contributed by atoms with van der Waals surface area (Å²) >= 11 is 16.1. The van der Waals surface area contributed by atoms with Gasteiger partial charge in [-0.1, -0.05) is 61.8 Å². The van der Waals surface area contributed by atoms with E-state index < -0.39 is 205 Å². The molecule has 0 aliphatic carbocycles. The van der Waals surface area contributed by atoms with Crippen LogP contribution in [-0.2, 0) is 67.1 Å². The maximum atomic E-state index is 13.9. The smallest absolute Gasteiger partial charge is 0.327 e. The third-order valence-corrected chi connectivity index (χ3v) is 13.9. The molecule has 0 aliphatic rings.